The van der Waals surface area contributed by atoms with E-state index < -0.39 is 29.4 Å². The molecular formula is C33H32FN3O7. The average molecular weight is 602 g/mol. The second kappa shape index (κ2) is 12.3. The summed E-state index contributed by atoms with van der Waals surface area (Å²) in [6, 6.07) is 17.8. The number of halogens is 1. The third-order valence-corrected chi connectivity index (χ3v) is 7.30. The topological polar surface area (TPSA) is 125 Å². The molecule has 0 radical (unpaired) electrons. The van der Waals surface area contributed by atoms with Crippen LogP contribution in [0.5, 0.6) is 23.0 Å². The van der Waals surface area contributed by atoms with Gasteiger partial charge in [-0.2, -0.15) is 0 Å². The normalized spacial score (nSPS) is 12.6. The van der Waals surface area contributed by atoms with Gasteiger partial charge in [0.1, 0.15) is 16.9 Å². The summed E-state index contributed by atoms with van der Waals surface area (Å²) in [5.74, 6) is 0.0104. The molecule has 0 aliphatic heterocycles. The van der Waals surface area contributed by atoms with Gasteiger partial charge in [-0.25, -0.2) is 9.07 Å². The molecule has 0 aliphatic rings. The van der Waals surface area contributed by atoms with Crippen LogP contribution in [0.2, 0.25) is 0 Å². The van der Waals surface area contributed by atoms with Gasteiger partial charge in [-0.3, -0.25) is 19.3 Å². The Balaban J connectivity index is 1.44. The monoisotopic (exact) mass is 601 g/mol. The van der Waals surface area contributed by atoms with Crippen LogP contribution in [0.3, 0.4) is 0 Å². The number of aliphatic hydroxyl groups excluding tert-OH is 1. The Hall–Kier alpha value is -5.00. The highest BCUT2D eigenvalue weighted by molar-refractivity contribution is 5.98. The van der Waals surface area contributed by atoms with E-state index in [2.05, 4.69) is 4.98 Å². The highest BCUT2D eigenvalue weighted by atomic mass is 19.1. The Bertz CT molecular complexity index is 1900. The van der Waals surface area contributed by atoms with E-state index in [1.54, 1.807) is 61.5 Å². The molecule has 5 rings (SSSR count). The highest BCUT2D eigenvalue weighted by Crippen LogP contribution is 2.37. The van der Waals surface area contributed by atoms with E-state index >= 15 is 4.39 Å². The number of rotatable bonds is 11. The van der Waals surface area contributed by atoms with Gasteiger partial charge in [-0.05, 0) is 55.8 Å². The number of aliphatic hydroxyl groups is 2. The number of benzene rings is 3. The second-order valence-corrected chi connectivity index (χ2v) is 10.6. The molecule has 1 unspecified atom stereocenters. The highest BCUT2D eigenvalue weighted by Gasteiger charge is 2.28. The number of carbonyl (C=O) groups is 1. The zero-order chi connectivity index (χ0) is 31.6. The number of para-hydroxylation sites is 1. The maximum Gasteiger partial charge on any atom is 0.282 e. The van der Waals surface area contributed by atoms with Crippen LogP contribution >= 0.6 is 0 Å². The first-order chi connectivity index (χ1) is 21.1. The van der Waals surface area contributed by atoms with Gasteiger partial charge in [0, 0.05) is 29.8 Å². The molecule has 44 heavy (non-hydrogen) atoms. The van der Waals surface area contributed by atoms with Gasteiger partial charge in [-0.15, -0.1) is 0 Å². The summed E-state index contributed by atoms with van der Waals surface area (Å²) in [6.07, 6.45) is 1.28. The number of aromatic nitrogens is 3. The van der Waals surface area contributed by atoms with E-state index in [1.165, 1.54) is 48.8 Å². The first-order valence-electron chi connectivity index (χ1n) is 13.8. The van der Waals surface area contributed by atoms with Crippen LogP contribution in [0.25, 0.3) is 16.6 Å². The summed E-state index contributed by atoms with van der Waals surface area (Å²) < 4.78 is 34.7. The van der Waals surface area contributed by atoms with Crippen LogP contribution in [0.15, 0.2) is 77.7 Å². The zero-order valence-corrected chi connectivity index (χ0v) is 24.7. The van der Waals surface area contributed by atoms with Crippen LogP contribution in [0, 0.1) is 12.7 Å². The molecule has 0 amide bonds. The van der Waals surface area contributed by atoms with E-state index in [1.807, 2.05) is 0 Å². The average Bonchev–Trinajstić information content (AvgIpc) is 3.26. The lowest BCUT2D eigenvalue weighted by Crippen LogP contribution is -2.37. The number of hydrogen-bond donors (Lipinski definition) is 2. The molecule has 2 aromatic heterocycles. The largest absolute Gasteiger partial charge is 0.493 e. The Kier molecular flexibility index (Phi) is 8.52. The van der Waals surface area contributed by atoms with Crippen molar-refractivity contribution < 1.29 is 33.6 Å². The summed E-state index contributed by atoms with van der Waals surface area (Å²) in [5.41, 5.74) is -0.517. The van der Waals surface area contributed by atoms with E-state index in [0.717, 1.165) is 0 Å². The number of methoxy groups -OCH3 is 2. The maximum absolute atomic E-state index is 15.3. The van der Waals surface area contributed by atoms with Crippen molar-refractivity contribution in [3.8, 4) is 28.7 Å². The number of fused-ring (bicyclic) bond motifs is 1. The summed E-state index contributed by atoms with van der Waals surface area (Å²) in [7, 11) is 3.02. The molecule has 5 aromatic rings. The van der Waals surface area contributed by atoms with Crippen LogP contribution in [0.1, 0.15) is 28.5 Å². The summed E-state index contributed by atoms with van der Waals surface area (Å²) in [6.45, 7) is 2.34. The molecule has 0 saturated carbocycles. The van der Waals surface area contributed by atoms with Crippen LogP contribution in [-0.2, 0) is 13.0 Å². The van der Waals surface area contributed by atoms with Crippen molar-refractivity contribution in [1.82, 2.24) is 14.3 Å². The van der Waals surface area contributed by atoms with Crippen molar-refractivity contribution in [3.05, 3.63) is 106 Å². The Labute approximate surface area is 252 Å². The molecular weight excluding hydrogens is 569 g/mol. The zero-order valence-electron chi connectivity index (χ0n) is 24.7. The second-order valence-electron chi connectivity index (χ2n) is 10.6. The van der Waals surface area contributed by atoms with Gasteiger partial charge in [0.2, 0.25) is 0 Å². The van der Waals surface area contributed by atoms with Gasteiger partial charge < -0.3 is 24.4 Å². The molecule has 0 fully saturated rings. The number of pyridine rings is 1. The molecule has 0 spiro atoms. The van der Waals surface area contributed by atoms with Gasteiger partial charge in [0.05, 0.1) is 38.6 Å². The van der Waals surface area contributed by atoms with Gasteiger partial charge >= 0.3 is 0 Å². The quantitative estimate of drug-likeness (QED) is 0.210. The SMILES string of the molecule is COc1cc2nccc(Oc3ccc(CC(=O)c4c(C)n(CC(C)(O)CO)n(-c5ccccc5)c4=O)cc3F)c2cc1OC. The van der Waals surface area contributed by atoms with E-state index in [0.29, 0.717) is 45.1 Å². The lowest BCUT2D eigenvalue weighted by Gasteiger charge is -2.24. The molecule has 11 heteroatoms. The van der Waals surface area contributed by atoms with Crippen molar-refractivity contribution in [2.75, 3.05) is 20.8 Å². The number of ketones is 1. The summed E-state index contributed by atoms with van der Waals surface area (Å²) >= 11 is 0. The van der Waals surface area contributed by atoms with Gasteiger partial charge in [0.25, 0.3) is 5.56 Å². The molecule has 1 atom stereocenters. The van der Waals surface area contributed by atoms with E-state index in [-0.39, 0.29) is 24.3 Å². The lowest BCUT2D eigenvalue weighted by atomic mass is 10.0. The van der Waals surface area contributed by atoms with Crippen molar-refractivity contribution in [1.29, 1.82) is 0 Å². The van der Waals surface area contributed by atoms with Crippen LogP contribution in [0.4, 0.5) is 4.39 Å². The lowest BCUT2D eigenvalue weighted by molar-refractivity contribution is -0.0165. The van der Waals surface area contributed by atoms with E-state index in [9.17, 15) is 19.8 Å². The third-order valence-electron chi connectivity index (χ3n) is 7.30. The first kappa shape index (κ1) is 30.5. The number of ether oxygens (including phenoxy) is 3. The van der Waals surface area contributed by atoms with Crippen molar-refractivity contribution in [2.24, 2.45) is 0 Å². The summed E-state index contributed by atoms with van der Waals surface area (Å²) in [4.78, 5) is 31.4. The number of hydrogen-bond acceptors (Lipinski definition) is 8. The first-order valence-corrected chi connectivity index (χ1v) is 13.8. The Morgan fingerprint density at radius 3 is 2.34 bits per heavy atom. The van der Waals surface area contributed by atoms with Crippen molar-refractivity contribution >= 4 is 16.7 Å². The molecule has 2 heterocycles. The molecule has 228 valence electrons. The van der Waals surface area contributed by atoms with E-state index in [4.69, 9.17) is 14.2 Å². The Morgan fingerprint density at radius 2 is 1.68 bits per heavy atom. The minimum Gasteiger partial charge on any atom is -0.493 e. The fraction of sp³-hybridized carbons (Fsp3) is 0.242. The van der Waals surface area contributed by atoms with Crippen LogP contribution < -0.4 is 19.8 Å². The third kappa shape index (κ3) is 5.92. The van der Waals surface area contributed by atoms with Gasteiger partial charge in [0.15, 0.2) is 28.8 Å². The van der Waals surface area contributed by atoms with Crippen molar-refractivity contribution in [2.45, 2.75) is 32.4 Å². The number of Topliss-reactive ketones (excluding diaryl/α,β-unsaturated/α-hetero) is 1. The number of carbonyl (C=O) groups excluding carboxylic acids is 1. The maximum atomic E-state index is 15.3. The minimum absolute atomic E-state index is 0.0662. The Morgan fingerprint density at radius 1 is 0.977 bits per heavy atom. The smallest absolute Gasteiger partial charge is 0.282 e. The molecule has 0 saturated heterocycles. The fourth-order valence-corrected chi connectivity index (χ4v) is 5.02. The standard InChI is InChI=1S/C33H32FN3O7/c1-20-31(32(40)37(22-8-6-5-7-9-22)36(20)18-33(2,41)19-38)26(39)15-21-10-11-28(24(34)14-21)44-27-12-13-35-25-17-30(43-4)29(42-3)16-23(25)27/h5-14,16-17,38,41H,15,18-19H2,1-4H3. The molecule has 3 aromatic carbocycles. The molecule has 2 N–H and O–H groups in total. The minimum atomic E-state index is -1.55. The fourth-order valence-electron chi connectivity index (χ4n) is 5.02. The van der Waals surface area contributed by atoms with Gasteiger partial charge in [-0.1, -0.05) is 24.3 Å². The predicted molar refractivity (Wildman–Crippen MR) is 162 cm³/mol. The summed E-state index contributed by atoms with van der Waals surface area (Å²) in [5, 5.41) is 20.8. The number of nitrogens with zero attached hydrogens (tertiary/aromatic N) is 3. The molecule has 10 nitrogen and oxygen atoms in total. The van der Waals surface area contributed by atoms with Crippen LogP contribution in [-0.4, -0.2) is 56.8 Å². The predicted octanol–water partition coefficient (Wildman–Crippen LogP) is 4.61. The van der Waals surface area contributed by atoms with Crippen molar-refractivity contribution in [3.63, 3.8) is 0 Å². The molecule has 0 bridgehead atoms. The molecule has 0 aliphatic carbocycles.